The molecule has 24 heavy (non-hydrogen) atoms. The summed E-state index contributed by atoms with van der Waals surface area (Å²) in [6.45, 7) is 15.8. The van der Waals surface area contributed by atoms with E-state index in [1.807, 2.05) is 0 Å². The van der Waals surface area contributed by atoms with Crippen LogP contribution in [0.25, 0.3) is 0 Å². The van der Waals surface area contributed by atoms with Crippen LogP contribution < -0.4 is 10.6 Å². The third-order valence-electron chi connectivity index (χ3n) is 4.65. The summed E-state index contributed by atoms with van der Waals surface area (Å²) in [7, 11) is 0. The third-order valence-corrected chi connectivity index (χ3v) is 5.70. The van der Waals surface area contributed by atoms with Gasteiger partial charge in [0.05, 0.1) is 12.2 Å². The van der Waals surface area contributed by atoms with E-state index in [1.54, 1.807) is 11.3 Å². The molecule has 2 N–H and O–H groups in total. The van der Waals surface area contributed by atoms with E-state index >= 15 is 0 Å². The fourth-order valence-electron chi connectivity index (χ4n) is 3.16. The van der Waals surface area contributed by atoms with Crippen molar-refractivity contribution in [2.24, 2.45) is 10.9 Å². The van der Waals surface area contributed by atoms with Crippen LogP contribution >= 0.6 is 11.3 Å². The highest BCUT2D eigenvalue weighted by atomic mass is 32.1. The molecule has 1 aliphatic heterocycles. The van der Waals surface area contributed by atoms with Gasteiger partial charge in [0, 0.05) is 24.0 Å². The molecule has 0 amide bonds. The van der Waals surface area contributed by atoms with Gasteiger partial charge >= 0.3 is 0 Å². The summed E-state index contributed by atoms with van der Waals surface area (Å²) in [4.78, 5) is 13.2. The van der Waals surface area contributed by atoms with Gasteiger partial charge in [-0.05, 0) is 52.6 Å². The Balaban J connectivity index is 1.94. The Kier molecular flexibility index (Phi) is 7.49. The smallest absolute Gasteiger partial charge is 0.191 e. The van der Waals surface area contributed by atoms with Gasteiger partial charge in [0.25, 0.3) is 0 Å². The molecule has 1 aliphatic rings. The summed E-state index contributed by atoms with van der Waals surface area (Å²) < 4.78 is 0. The van der Waals surface area contributed by atoms with Gasteiger partial charge in [-0.15, -0.1) is 11.3 Å². The van der Waals surface area contributed by atoms with Crippen LogP contribution in [0.3, 0.4) is 0 Å². The zero-order valence-corrected chi connectivity index (χ0v) is 16.7. The van der Waals surface area contributed by atoms with E-state index in [-0.39, 0.29) is 0 Å². The predicted molar refractivity (Wildman–Crippen MR) is 104 cm³/mol. The van der Waals surface area contributed by atoms with Crippen LogP contribution in [0, 0.1) is 19.8 Å². The van der Waals surface area contributed by atoms with Gasteiger partial charge < -0.3 is 10.6 Å². The maximum atomic E-state index is 4.72. The number of nitrogens with one attached hydrogen (secondary N) is 2. The predicted octanol–water partition coefficient (Wildman–Crippen LogP) is 2.94. The van der Waals surface area contributed by atoms with Crippen molar-refractivity contribution < 1.29 is 0 Å². The Hall–Kier alpha value is -1.14. The Labute approximate surface area is 151 Å². The fourth-order valence-corrected chi connectivity index (χ4v) is 4.01. The number of hydrogen-bond acceptors (Lipinski definition) is 4. The average Bonchev–Trinajstić information content (AvgIpc) is 3.15. The van der Waals surface area contributed by atoms with Crippen LogP contribution in [0.2, 0.25) is 0 Å². The first-order valence-electron chi connectivity index (χ1n) is 9.20. The largest absolute Gasteiger partial charge is 0.357 e. The molecule has 1 saturated heterocycles. The fraction of sp³-hybridized carbons (Fsp3) is 0.778. The first-order valence-corrected chi connectivity index (χ1v) is 10.0. The SMILES string of the molecule is CCNC(=NCc1nc(C)c(C)s1)NCC(C(C)C)N1CCCC1. The van der Waals surface area contributed by atoms with Gasteiger partial charge in [-0.25, -0.2) is 9.98 Å². The van der Waals surface area contributed by atoms with Crippen LogP contribution in [0.15, 0.2) is 4.99 Å². The van der Waals surface area contributed by atoms with E-state index in [9.17, 15) is 0 Å². The Morgan fingerprint density at radius 2 is 1.96 bits per heavy atom. The van der Waals surface area contributed by atoms with Crippen molar-refractivity contribution in [2.75, 3.05) is 26.2 Å². The highest BCUT2D eigenvalue weighted by molar-refractivity contribution is 7.11. The third kappa shape index (κ3) is 5.45. The Morgan fingerprint density at radius 1 is 1.25 bits per heavy atom. The number of aryl methyl sites for hydroxylation is 2. The summed E-state index contributed by atoms with van der Waals surface area (Å²) in [6.07, 6.45) is 2.67. The molecule has 5 nitrogen and oxygen atoms in total. The summed E-state index contributed by atoms with van der Waals surface area (Å²) in [5, 5.41) is 7.99. The average molecular weight is 352 g/mol. The molecule has 136 valence electrons. The second-order valence-electron chi connectivity index (χ2n) is 6.88. The summed E-state index contributed by atoms with van der Waals surface area (Å²) in [5.41, 5.74) is 1.12. The molecule has 0 aromatic carbocycles. The number of hydrogen-bond donors (Lipinski definition) is 2. The topological polar surface area (TPSA) is 52.6 Å². The van der Waals surface area contributed by atoms with Crippen molar-refractivity contribution in [1.82, 2.24) is 20.5 Å². The summed E-state index contributed by atoms with van der Waals surface area (Å²) in [6, 6.07) is 0.570. The van der Waals surface area contributed by atoms with Crippen LogP contribution in [-0.4, -0.2) is 48.1 Å². The lowest BCUT2D eigenvalue weighted by atomic mass is 10.0. The van der Waals surface area contributed by atoms with Crippen molar-refractivity contribution in [2.45, 2.75) is 60.0 Å². The molecule has 2 heterocycles. The lowest BCUT2D eigenvalue weighted by Crippen LogP contribution is -2.48. The molecular formula is C18H33N5S. The van der Waals surface area contributed by atoms with E-state index in [1.165, 1.54) is 30.8 Å². The number of guanidine groups is 1. The molecule has 1 aromatic heterocycles. The molecule has 0 saturated carbocycles. The first-order chi connectivity index (χ1) is 11.5. The molecule has 0 aliphatic carbocycles. The Morgan fingerprint density at radius 3 is 2.50 bits per heavy atom. The molecule has 2 rings (SSSR count). The Bertz CT molecular complexity index is 512. The van der Waals surface area contributed by atoms with Crippen LogP contribution in [0.1, 0.15) is 49.2 Å². The van der Waals surface area contributed by atoms with E-state index < -0.39 is 0 Å². The van der Waals surface area contributed by atoms with E-state index in [4.69, 9.17) is 4.99 Å². The van der Waals surface area contributed by atoms with Gasteiger partial charge in [-0.2, -0.15) is 0 Å². The van der Waals surface area contributed by atoms with Gasteiger partial charge in [-0.1, -0.05) is 13.8 Å². The molecule has 6 heteroatoms. The number of rotatable bonds is 7. The van der Waals surface area contributed by atoms with Crippen molar-refractivity contribution in [3.8, 4) is 0 Å². The highest BCUT2D eigenvalue weighted by Gasteiger charge is 2.24. The standard InChI is InChI=1S/C18H33N5S/c1-6-19-18(21-12-17-22-14(4)15(5)24-17)20-11-16(13(2)3)23-9-7-8-10-23/h13,16H,6-12H2,1-5H3,(H2,19,20,21). The minimum absolute atomic E-state index is 0.570. The van der Waals surface area contributed by atoms with Crippen LogP contribution in [0.5, 0.6) is 0 Å². The van der Waals surface area contributed by atoms with Gasteiger partial charge in [0.2, 0.25) is 0 Å². The number of aliphatic imine (C=N–C) groups is 1. The molecular weight excluding hydrogens is 318 g/mol. The summed E-state index contributed by atoms with van der Waals surface area (Å²) >= 11 is 1.74. The number of aromatic nitrogens is 1. The lowest BCUT2D eigenvalue weighted by Gasteiger charge is -2.31. The second kappa shape index (κ2) is 9.37. The van der Waals surface area contributed by atoms with Gasteiger partial charge in [-0.3, -0.25) is 4.90 Å². The first kappa shape index (κ1) is 19.2. The van der Waals surface area contributed by atoms with Crippen molar-refractivity contribution in [1.29, 1.82) is 0 Å². The monoisotopic (exact) mass is 351 g/mol. The van der Waals surface area contributed by atoms with E-state index in [0.29, 0.717) is 18.5 Å². The van der Waals surface area contributed by atoms with Crippen LogP contribution in [0.4, 0.5) is 0 Å². The van der Waals surface area contributed by atoms with Crippen molar-refractivity contribution in [3.63, 3.8) is 0 Å². The molecule has 1 unspecified atom stereocenters. The molecule has 1 atom stereocenters. The zero-order valence-electron chi connectivity index (χ0n) is 15.9. The zero-order chi connectivity index (χ0) is 17.5. The molecule has 1 fully saturated rings. The minimum atomic E-state index is 0.570. The van der Waals surface area contributed by atoms with Crippen molar-refractivity contribution in [3.05, 3.63) is 15.6 Å². The van der Waals surface area contributed by atoms with Crippen LogP contribution in [-0.2, 0) is 6.54 Å². The highest BCUT2D eigenvalue weighted by Crippen LogP contribution is 2.18. The molecule has 0 spiro atoms. The quantitative estimate of drug-likeness (QED) is 0.586. The molecule has 0 radical (unpaired) electrons. The van der Waals surface area contributed by atoms with Gasteiger partial charge in [0.15, 0.2) is 5.96 Å². The maximum Gasteiger partial charge on any atom is 0.191 e. The number of thiazole rings is 1. The maximum absolute atomic E-state index is 4.72. The van der Waals surface area contributed by atoms with Crippen molar-refractivity contribution >= 4 is 17.3 Å². The molecule has 0 bridgehead atoms. The van der Waals surface area contributed by atoms with Gasteiger partial charge in [0.1, 0.15) is 5.01 Å². The lowest BCUT2D eigenvalue weighted by molar-refractivity contribution is 0.192. The minimum Gasteiger partial charge on any atom is -0.357 e. The summed E-state index contributed by atoms with van der Waals surface area (Å²) in [5.74, 6) is 1.54. The molecule has 1 aromatic rings. The van der Waals surface area contributed by atoms with E-state index in [2.05, 4.69) is 55.1 Å². The number of likely N-dealkylation sites (tertiary alicyclic amines) is 1. The van der Waals surface area contributed by atoms with E-state index in [0.717, 1.165) is 29.8 Å². The second-order valence-corrected chi connectivity index (χ2v) is 8.17. The normalized spacial score (nSPS) is 17.5. The number of nitrogens with zero attached hydrogens (tertiary/aromatic N) is 3.